The largest absolute Gasteiger partial charge is 0.327 e. The molecule has 2 saturated heterocycles. The van der Waals surface area contributed by atoms with E-state index in [0.717, 1.165) is 44.6 Å². The van der Waals surface area contributed by atoms with Crippen LogP contribution in [0.1, 0.15) is 52.9 Å². The van der Waals surface area contributed by atoms with Crippen LogP contribution in [0.25, 0.3) is 0 Å². The second-order valence-corrected chi connectivity index (χ2v) is 9.54. The summed E-state index contributed by atoms with van der Waals surface area (Å²) in [6.07, 6.45) is 5.04. The fourth-order valence-electron chi connectivity index (χ4n) is 6.14. The Bertz CT molecular complexity index is 653. The minimum absolute atomic E-state index is 0.0467. The van der Waals surface area contributed by atoms with Gasteiger partial charge in [0.15, 0.2) is 5.78 Å². The van der Waals surface area contributed by atoms with Gasteiger partial charge in [0.1, 0.15) is 5.54 Å². The molecule has 144 valence electrons. The number of fused-ring (bicyclic) bond motifs is 2. The first-order valence-corrected chi connectivity index (χ1v) is 10.0. The number of rotatable bonds is 4. The van der Waals surface area contributed by atoms with E-state index in [2.05, 4.69) is 19.2 Å². The number of carbonyl (C=O) groups is 3. The van der Waals surface area contributed by atoms with Gasteiger partial charge in [-0.15, -0.1) is 0 Å². The zero-order valence-electron chi connectivity index (χ0n) is 16.4. The van der Waals surface area contributed by atoms with E-state index in [1.54, 1.807) is 11.9 Å². The Morgan fingerprint density at radius 2 is 1.88 bits per heavy atom. The number of likely N-dealkylation sites (N-methyl/N-ethyl adjacent to an activating group) is 1. The normalized spacial score (nSPS) is 41.5. The first-order chi connectivity index (χ1) is 12.2. The summed E-state index contributed by atoms with van der Waals surface area (Å²) >= 11 is 0. The molecule has 2 bridgehead atoms. The predicted octanol–water partition coefficient (Wildman–Crippen LogP) is 2.03. The van der Waals surface area contributed by atoms with Gasteiger partial charge in [0.05, 0.1) is 12.6 Å². The molecule has 6 heteroatoms. The number of Topliss-reactive ketones (excluding diaryl/α,β-unsaturated/α-hetero) is 1. The van der Waals surface area contributed by atoms with E-state index in [0.29, 0.717) is 5.92 Å². The molecule has 0 radical (unpaired) electrons. The van der Waals surface area contributed by atoms with E-state index in [9.17, 15) is 14.4 Å². The van der Waals surface area contributed by atoms with E-state index >= 15 is 0 Å². The first-order valence-electron chi connectivity index (χ1n) is 10.0. The fraction of sp³-hybridized carbons (Fsp3) is 0.850. The summed E-state index contributed by atoms with van der Waals surface area (Å²) in [5, 5.41) is 3.17. The molecular weight excluding hydrogens is 330 g/mol. The standard InChI is InChI=1S/C20H31N3O3/c1-19(2)12-7-8-13(14(19)10-12)20(3)17(25)23(18(26)22(20)4)11-16(24)15-6-5-9-21-15/h12-15,21H,5-11H2,1-4H3. The minimum Gasteiger partial charge on any atom is -0.313 e. The number of urea groups is 1. The monoisotopic (exact) mass is 361 g/mol. The molecule has 6 nitrogen and oxygen atoms in total. The van der Waals surface area contributed by atoms with Crippen molar-refractivity contribution < 1.29 is 14.4 Å². The van der Waals surface area contributed by atoms with Crippen LogP contribution >= 0.6 is 0 Å². The summed E-state index contributed by atoms with van der Waals surface area (Å²) in [5.74, 6) is 1.17. The summed E-state index contributed by atoms with van der Waals surface area (Å²) in [4.78, 5) is 41.6. The van der Waals surface area contributed by atoms with Crippen LogP contribution < -0.4 is 5.32 Å². The fourth-order valence-corrected chi connectivity index (χ4v) is 6.14. The van der Waals surface area contributed by atoms with Crippen molar-refractivity contribution in [3.63, 3.8) is 0 Å². The van der Waals surface area contributed by atoms with Gasteiger partial charge in [-0.25, -0.2) is 4.79 Å². The van der Waals surface area contributed by atoms with Crippen molar-refractivity contribution in [3.8, 4) is 0 Å². The molecule has 0 aromatic rings. The van der Waals surface area contributed by atoms with Crippen LogP contribution in [0.2, 0.25) is 0 Å². The van der Waals surface area contributed by atoms with Crippen LogP contribution in [-0.4, -0.2) is 59.2 Å². The summed E-state index contributed by atoms with van der Waals surface area (Å²) in [6, 6.07) is -0.531. The molecule has 5 atom stereocenters. The lowest BCUT2D eigenvalue weighted by atomic mass is 9.43. The van der Waals surface area contributed by atoms with Crippen LogP contribution in [-0.2, 0) is 9.59 Å². The maximum Gasteiger partial charge on any atom is 0.327 e. The lowest BCUT2D eigenvalue weighted by Crippen LogP contribution is -2.63. The van der Waals surface area contributed by atoms with Crippen LogP contribution in [0.3, 0.4) is 0 Å². The summed E-state index contributed by atoms with van der Waals surface area (Å²) in [6.45, 7) is 7.25. The SMILES string of the molecule is CN1C(=O)N(CC(=O)C2CCCN2)C(=O)C1(C)C1CCC2CC1C2(C)C. The molecular formula is C20H31N3O3. The zero-order valence-corrected chi connectivity index (χ0v) is 16.4. The maximum atomic E-state index is 13.4. The third-order valence-electron chi connectivity index (χ3n) is 8.24. The van der Waals surface area contributed by atoms with Gasteiger partial charge in [-0.3, -0.25) is 14.5 Å². The van der Waals surface area contributed by atoms with Gasteiger partial charge in [0.25, 0.3) is 5.91 Å². The van der Waals surface area contributed by atoms with E-state index in [1.165, 1.54) is 4.90 Å². The van der Waals surface area contributed by atoms with Gasteiger partial charge in [0, 0.05) is 7.05 Å². The van der Waals surface area contributed by atoms with Gasteiger partial charge >= 0.3 is 6.03 Å². The van der Waals surface area contributed by atoms with Crippen LogP contribution in [0.5, 0.6) is 0 Å². The Labute approximate surface area is 155 Å². The number of imide groups is 1. The maximum absolute atomic E-state index is 13.4. The Balaban J connectivity index is 1.56. The topological polar surface area (TPSA) is 69.7 Å². The third kappa shape index (κ3) is 2.23. The first kappa shape index (κ1) is 18.0. The van der Waals surface area contributed by atoms with Gasteiger partial charge in [-0.1, -0.05) is 13.8 Å². The molecule has 5 rings (SSSR count). The van der Waals surface area contributed by atoms with Crippen molar-refractivity contribution in [2.45, 2.75) is 64.5 Å². The molecule has 3 aliphatic carbocycles. The average molecular weight is 361 g/mol. The van der Waals surface area contributed by atoms with Crippen molar-refractivity contribution >= 4 is 17.7 Å². The Morgan fingerprint density at radius 3 is 2.46 bits per heavy atom. The number of carbonyl (C=O) groups excluding carboxylic acids is 3. The Kier molecular flexibility index (Phi) is 3.99. The van der Waals surface area contributed by atoms with Gasteiger partial charge in [0.2, 0.25) is 0 Å². The lowest BCUT2D eigenvalue weighted by Gasteiger charge is -2.63. The molecule has 3 amide bonds. The van der Waals surface area contributed by atoms with Crippen molar-refractivity contribution in [3.05, 3.63) is 0 Å². The molecule has 2 aliphatic heterocycles. The highest BCUT2D eigenvalue weighted by molar-refractivity contribution is 6.09. The summed E-state index contributed by atoms with van der Waals surface area (Å²) in [5.41, 5.74) is -0.582. The number of hydrogen-bond donors (Lipinski definition) is 1. The highest BCUT2D eigenvalue weighted by atomic mass is 16.2. The molecule has 3 saturated carbocycles. The van der Waals surface area contributed by atoms with Gasteiger partial charge < -0.3 is 10.2 Å². The highest BCUT2D eigenvalue weighted by Gasteiger charge is 2.65. The number of nitrogens with zero attached hydrogens (tertiary/aromatic N) is 2. The number of hydrogen-bond acceptors (Lipinski definition) is 4. The number of nitrogens with one attached hydrogen (secondary N) is 1. The average Bonchev–Trinajstić information content (AvgIpc) is 3.22. The Morgan fingerprint density at radius 1 is 1.15 bits per heavy atom. The van der Waals surface area contributed by atoms with Crippen molar-refractivity contribution in [1.82, 2.24) is 15.1 Å². The zero-order chi connectivity index (χ0) is 18.9. The molecule has 2 heterocycles. The smallest absolute Gasteiger partial charge is 0.313 e. The van der Waals surface area contributed by atoms with Gasteiger partial charge in [-0.2, -0.15) is 0 Å². The quantitative estimate of drug-likeness (QED) is 0.778. The predicted molar refractivity (Wildman–Crippen MR) is 97.4 cm³/mol. The van der Waals surface area contributed by atoms with Crippen molar-refractivity contribution in [1.29, 1.82) is 0 Å². The van der Waals surface area contributed by atoms with Crippen LogP contribution in [0, 0.1) is 23.2 Å². The molecule has 0 spiro atoms. The summed E-state index contributed by atoms with van der Waals surface area (Å²) < 4.78 is 0. The molecule has 26 heavy (non-hydrogen) atoms. The number of amides is 3. The highest BCUT2D eigenvalue weighted by Crippen LogP contribution is 2.64. The van der Waals surface area contributed by atoms with E-state index < -0.39 is 5.54 Å². The lowest BCUT2D eigenvalue weighted by molar-refractivity contribution is -0.157. The molecule has 0 aromatic carbocycles. The molecule has 5 fully saturated rings. The van der Waals surface area contributed by atoms with Crippen LogP contribution in [0.15, 0.2) is 0 Å². The number of ketones is 1. The van der Waals surface area contributed by atoms with E-state index in [1.807, 2.05) is 6.92 Å². The molecule has 0 aromatic heterocycles. The van der Waals surface area contributed by atoms with E-state index in [-0.39, 0.29) is 41.6 Å². The second kappa shape index (κ2) is 5.78. The Hall–Kier alpha value is -1.43. The summed E-state index contributed by atoms with van der Waals surface area (Å²) in [7, 11) is 1.73. The van der Waals surface area contributed by atoms with Crippen molar-refractivity contribution in [2.24, 2.45) is 23.2 Å². The molecule has 5 unspecified atom stereocenters. The minimum atomic E-state index is -0.826. The van der Waals surface area contributed by atoms with Crippen LogP contribution in [0.4, 0.5) is 4.79 Å². The molecule has 5 aliphatic rings. The van der Waals surface area contributed by atoms with Gasteiger partial charge in [-0.05, 0) is 68.7 Å². The second-order valence-electron chi connectivity index (χ2n) is 9.54. The third-order valence-corrected chi connectivity index (χ3v) is 8.24. The van der Waals surface area contributed by atoms with E-state index in [4.69, 9.17) is 0 Å². The van der Waals surface area contributed by atoms with Crippen molar-refractivity contribution in [2.75, 3.05) is 20.1 Å². The molecule has 1 N–H and O–H groups in total.